The molecular formula is C22H26ClN3O. The van der Waals surface area contributed by atoms with Gasteiger partial charge < -0.3 is 5.32 Å². The largest absolute Gasteiger partial charge is 0.343 e. The van der Waals surface area contributed by atoms with Gasteiger partial charge in [-0.15, -0.1) is 0 Å². The number of hydrogen-bond acceptors (Lipinski definition) is 3. The number of carbonyl (C=O) groups is 1. The average Bonchev–Trinajstić information content (AvgIpc) is 2.67. The number of benzene rings is 1. The molecule has 5 heteroatoms. The Morgan fingerprint density at radius 1 is 1.22 bits per heavy atom. The molecule has 1 N–H and O–H groups in total. The predicted molar refractivity (Wildman–Crippen MR) is 108 cm³/mol. The monoisotopic (exact) mass is 383 g/mol. The number of nitrogens with one attached hydrogen (secondary N) is 1. The third-order valence-electron chi connectivity index (χ3n) is 6.44. The lowest BCUT2D eigenvalue weighted by atomic mass is 9.66. The zero-order chi connectivity index (χ0) is 19.0. The third kappa shape index (κ3) is 3.37. The summed E-state index contributed by atoms with van der Waals surface area (Å²) in [7, 11) is 2.20. The molecule has 0 spiro atoms. The van der Waals surface area contributed by atoms with E-state index in [1.54, 1.807) is 6.07 Å². The van der Waals surface area contributed by atoms with Crippen LogP contribution in [-0.4, -0.2) is 34.9 Å². The normalized spacial score (nSPS) is 26.0. The van der Waals surface area contributed by atoms with Crippen LogP contribution in [0.5, 0.6) is 0 Å². The van der Waals surface area contributed by atoms with E-state index in [4.69, 9.17) is 11.6 Å². The summed E-state index contributed by atoms with van der Waals surface area (Å²) < 4.78 is 0. The number of fused-ring (bicyclic) bond motifs is 3. The van der Waals surface area contributed by atoms with Crippen LogP contribution in [0.25, 0.3) is 0 Å². The van der Waals surface area contributed by atoms with Gasteiger partial charge in [0.05, 0.1) is 11.6 Å². The average molecular weight is 384 g/mol. The summed E-state index contributed by atoms with van der Waals surface area (Å²) >= 11 is 6.26. The molecule has 2 saturated heterocycles. The first-order chi connectivity index (χ1) is 13.0. The fraction of sp³-hybridized carbons (Fsp3) is 0.455. The lowest BCUT2D eigenvalue weighted by Gasteiger charge is -2.57. The van der Waals surface area contributed by atoms with Crippen molar-refractivity contribution in [2.45, 2.75) is 44.2 Å². The predicted octanol–water partition coefficient (Wildman–Crippen LogP) is 4.39. The molecule has 1 aromatic carbocycles. The van der Waals surface area contributed by atoms with E-state index in [2.05, 4.69) is 34.4 Å². The van der Waals surface area contributed by atoms with Crippen LogP contribution >= 0.6 is 11.6 Å². The van der Waals surface area contributed by atoms with Gasteiger partial charge in [0, 0.05) is 17.8 Å². The molecule has 27 heavy (non-hydrogen) atoms. The zero-order valence-corrected chi connectivity index (χ0v) is 16.7. The number of likely N-dealkylation sites (N-methyl/N-ethyl adjacent to an activating group) is 1. The number of carbonyl (C=O) groups excluding carboxylic acids is 1. The van der Waals surface area contributed by atoms with Gasteiger partial charge in [0.15, 0.2) is 0 Å². The molecule has 1 atom stereocenters. The maximum absolute atomic E-state index is 13.1. The maximum atomic E-state index is 13.1. The van der Waals surface area contributed by atoms with Gasteiger partial charge in [-0.3, -0.25) is 9.69 Å². The first kappa shape index (κ1) is 18.5. The number of pyridine rings is 1. The molecule has 1 amide bonds. The van der Waals surface area contributed by atoms with Crippen LogP contribution in [0.1, 0.15) is 53.3 Å². The van der Waals surface area contributed by atoms with Crippen LogP contribution in [0.4, 0.5) is 0 Å². The highest BCUT2D eigenvalue weighted by atomic mass is 35.5. The van der Waals surface area contributed by atoms with Gasteiger partial charge in [-0.1, -0.05) is 41.9 Å². The van der Waals surface area contributed by atoms with Crippen LogP contribution in [0, 0.1) is 12.8 Å². The van der Waals surface area contributed by atoms with Gasteiger partial charge in [-0.2, -0.15) is 0 Å². The summed E-state index contributed by atoms with van der Waals surface area (Å²) in [6.45, 7) is 2.97. The smallest absolute Gasteiger partial charge is 0.254 e. The second-order valence-corrected chi connectivity index (χ2v) is 8.39. The molecule has 5 rings (SSSR count). The summed E-state index contributed by atoms with van der Waals surface area (Å²) in [5.41, 5.74) is 2.34. The Morgan fingerprint density at radius 3 is 2.56 bits per heavy atom. The number of halogens is 1. The van der Waals surface area contributed by atoms with Crippen molar-refractivity contribution >= 4 is 17.5 Å². The summed E-state index contributed by atoms with van der Waals surface area (Å²) in [4.78, 5) is 19.8. The minimum absolute atomic E-state index is 0.0453. The minimum Gasteiger partial charge on any atom is -0.343 e. The van der Waals surface area contributed by atoms with Crippen LogP contribution in [-0.2, 0) is 0 Å². The molecule has 3 fully saturated rings. The van der Waals surface area contributed by atoms with Crippen LogP contribution in [0.15, 0.2) is 42.5 Å². The van der Waals surface area contributed by atoms with Gasteiger partial charge in [-0.05, 0) is 63.3 Å². The van der Waals surface area contributed by atoms with Crippen molar-refractivity contribution in [3.8, 4) is 0 Å². The Labute approximate surface area is 165 Å². The standard InChI is InChI=1S/C22H26ClN3O/c1-15-8-9-18(20(23)24-15)21(27)25-19(17-6-4-3-5-7-17)22-12-10-16(11-13-22)14-26(22)2/h3-9,16,19H,10-14H2,1-2H3,(H,25,27). The molecule has 1 aliphatic carbocycles. The molecule has 2 bridgehead atoms. The molecule has 4 nitrogen and oxygen atoms in total. The lowest BCUT2D eigenvalue weighted by molar-refractivity contribution is -0.0404. The molecule has 0 radical (unpaired) electrons. The molecule has 142 valence electrons. The molecule has 1 aromatic heterocycles. The molecular weight excluding hydrogens is 358 g/mol. The van der Waals surface area contributed by atoms with Gasteiger partial charge in [0.2, 0.25) is 0 Å². The van der Waals surface area contributed by atoms with Crippen molar-refractivity contribution in [2.24, 2.45) is 5.92 Å². The Bertz CT molecular complexity index is 831. The van der Waals surface area contributed by atoms with Crippen molar-refractivity contribution in [1.82, 2.24) is 15.2 Å². The number of hydrogen-bond donors (Lipinski definition) is 1. The zero-order valence-electron chi connectivity index (χ0n) is 15.9. The van der Waals surface area contributed by atoms with E-state index < -0.39 is 0 Å². The van der Waals surface area contributed by atoms with Crippen molar-refractivity contribution in [3.63, 3.8) is 0 Å². The molecule has 3 heterocycles. The summed E-state index contributed by atoms with van der Waals surface area (Å²) in [5, 5.41) is 3.58. The lowest BCUT2D eigenvalue weighted by Crippen LogP contribution is -2.62. The third-order valence-corrected chi connectivity index (χ3v) is 6.73. The van der Waals surface area contributed by atoms with Crippen LogP contribution in [0.2, 0.25) is 5.15 Å². The molecule has 1 saturated carbocycles. The van der Waals surface area contributed by atoms with Crippen LogP contribution < -0.4 is 5.32 Å². The second-order valence-electron chi connectivity index (χ2n) is 8.04. The Morgan fingerprint density at radius 2 is 1.93 bits per heavy atom. The van der Waals surface area contributed by atoms with E-state index in [0.29, 0.717) is 5.56 Å². The number of nitrogens with zero attached hydrogens (tertiary/aromatic N) is 2. The van der Waals surface area contributed by atoms with Gasteiger partial charge in [0.25, 0.3) is 5.91 Å². The van der Waals surface area contributed by atoms with E-state index >= 15 is 0 Å². The number of piperidine rings is 2. The summed E-state index contributed by atoms with van der Waals surface area (Å²) in [5.74, 6) is 0.636. The van der Waals surface area contributed by atoms with Gasteiger partial charge >= 0.3 is 0 Å². The highest BCUT2D eigenvalue weighted by Gasteiger charge is 2.50. The number of amides is 1. The highest BCUT2D eigenvalue weighted by Crippen LogP contribution is 2.49. The second kappa shape index (κ2) is 7.25. The topological polar surface area (TPSA) is 45.2 Å². The first-order valence-electron chi connectivity index (χ1n) is 9.70. The van der Waals surface area contributed by atoms with E-state index in [0.717, 1.165) is 36.6 Å². The van der Waals surface area contributed by atoms with Crippen molar-refractivity contribution in [2.75, 3.05) is 13.6 Å². The first-order valence-corrected chi connectivity index (χ1v) is 10.1. The van der Waals surface area contributed by atoms with Gasteiger partial charge in [-0.25, -0.2) is 4.98 Å². The minimum atomic E-state index is -0.156. The van der Waals surface area contributed by atoms with E-state index in [1.807, 2.05) is 31.2 Å². The Balaban J connectivity index is 1.70. The molecule has 3 aliphatic rings. The van der Waals surface area contributed by atoms with Crippen molar-refractivity contribution in [1.29, 1.82) is 0 Å². The van der Waals surface area contributed by atoms with Crippen LogP contribution in [0.3, 0.4) is 0 Å². The highest BCUT2D eigenvalue weighted by molar-refractivity contribution is 6.32. The van der Waals surface area contributed by atoms with E-state index in [-0.39, 0.29) is 22.6 Å². The quantitative estimate of drug-likeness (QED) is 0.796. The van der Waals surface area contributed by atoms with E-state index in [1.165, 1.54) is 12.8 Å². The Kier molecular flexibility index (Phi) is 4.95. The fourth-order valence-corrected chi connectivity index (χ4v) is 5.18. The summed E-state index contributed by atoms with van der Waals surface area (Å²) in [6.07, 6.45) is 4.68. The van der Waals surface area contributed by atoms with Crippen molar-refractivity contribution < 1.29 is 4.79 Å². The number of aromatic nitrogens is 1. The maximum Gasteiger partial charge on any atom is 0.254 e. The fourth-order valence-electron chi connectivity index (χ4n) is 4.90. The van der Waals surface area contributed by atoms with E-state index in [9.17, 15) is 4.79 Å². The Hall–Kier alpha value is -1.91. The van der Waals surface area contributed by atoms with Crippen molar-refractivity contribution in [3.05, 3.63) is 64.4 Å². The SMILES string of the molecule is Cc1ccc(C(=O)NC(c2ccccc2)C23CCC(CC2)CN3C)c(Cl)n1. The molecule has 2 aliphatic heterocycles. The summed E-state index contributed by atoms with van der Waals surface area (Å²) in [6, 6.07) is 13.8. The number of aryl methyl sites for hydroxylation is 1. The van der Waals surface area contributed by atoms with Gasteiger partial charge in [0.1, 0.15) is 5.15 Å². The number of rotatable bonds is 4. The molecule has 1 unspecified atom stereocenters. The molecule has 2 aromatic rings.